The third kappa shape index (κ3) is 1.73. The van der Waals surface area contributed by atoms with Crippen LogP contribution in [0.4, 0.5) is 10.2 Å². The molecule has 2 aromatic rings. The number of rotatable bonds is 2. The third-order valence-corrected chi connectivity index (χ3v) is 4.06. The van der Waals surface area contributed by atoms with Gasteiger partial charge in [-0.25, -0.2) is 4.39 Å². The monoisotopic (exact) mass is 273 g/mol. The average Bonchev–Trinajstić information content (AvgIpc) is 2.69. The maximum absolute atomic E-state index is 14.1. The Bertz CT molecular complexity index is 674. The fraction of sp³-hybridized carbons (Fsp3) is 0.333. The second-order valence-corrected chi connectivity index (χ2v) is 5.34. The molecule has 0 aliphatic heterocycles. The second kappa shape index (κ2) is 4.44. The predicted molar refractivity (Wildman–Crippen MR) is 73.9 cm³/mol. The summed E-state index contributed by atoms with van der Waals surface area (Å²) in [7, 11) is 0. The molecule has 0 atom stereocenters. The molecule has 1 heterocycles. The summed E-state index contributed by atoms with van der Waals surface area (Å²) in [4.78, 5) is 12.8. The van der Waals surface area contributed by atoms with E-state index in [1.54, 1.807) is 31.2 Å². The van der Waals surface area contributed by atoms with Crippen molar-refractivity contribution in [3.8, 4) is 0 Å². The molecule has 0 saturated heterocycles. The molecule has 1 saturated carbocycles. The van der Waals surface area contributed by atoms with Crippen molar-refractivity contribution in [2.45, 2.75) is 31.6 Å². The van der Waals surface area contributed by atoms with Crippen molar-refractivity contribution in [2.24, 2.45) is 0 Å². The molecule has 0 radical (unpaired) electrons. The Kier molecular flexibility index (Phi) is 2.85. The van der Waals surface area contributed by atoms with Crippen molar-refractivity contribution >= 4 is 11.7 Å². The summed E-state index contributed by atoms with van der Waals surface area (Å²) in [6.07, 6.45) is 2.16. The number of aromatic nitrogens is 2. The quantitative estimate of drug-likeness (QED) is 0.915. The first kappa shape index (κ1) is 12.8. The Balaban J connectivity index is 2.08. The van der Waals surface area contributed by atoms with Gasteiger partial charge in [0.1, 0.15) is 11.6 Å². The Hall–Kier alpha value is -2.17. The summed E-state index contributed by atoms with van der Waals surface area (Å²) in [5.74, 6) is -0.280. The van der Waals surface area contributed by atoms with Gasteiger partial charge in [-0.05, 0) is 25.8 Å². The molecule has 2 N–H and O–H groups in total. The van der Waals surface area contributed by atoms with Crippen LogP contribution in [0.3, 0.4) is 0 Å². The topological polar surface area (TPSA) is 60.9 Å². The van der Waals surface area contributed by atoms with E-state index in [4.69, 9.17) is 5.73 Å². The van der Waals surface area contributed by atoms with Crippen LogP contribution in [0.15, 0.2) is 30.3 Å². The van der Waals surface area contributed by atoms with Gasteiger partial charge in [-0.2, -0.15) is 9.78 Å². The van der Waals surface area contributed by atoms with E-state index >= 15 is 0 Å². The zero-order valence-corrected chi connectivity index (χ0v) is 11.3. The lowest BCUT2D eigenvalue weighted by Gasteiger charge is -2.40. The van der Waals surface area contributed by atoms with Gasteiger partial charge in [0.2, 0.25) is 0 Å². The van der Waals surface area contributed by atoms with E-state index in [9.17, 15) is 9.18 Å². The highest BCUT2D eigenvalue weighted by atomic mass is 19.1. The van der Waals surface area contributed by atoms with Gasteiger partial charge >= 0.3 is 0 Å². The molecule has 0 spiro atoms. The van der Waals surface area contributed by atoms with Gasteiger partial charge in [-0.1, -0.05) is 24.6 Å². The number of hydrogen-bond donors (Lipinski definition) is 1. The van der Waals surface area contributed by atoms with E-state index in [-0.39, 0.29) is 11.7 Å². The molecule has 0 unspecified atom stereocenters. The fourth-order valence-electron chi connectivity index (χ4n) is 2.86. The Labute approximate surface area is 116 Å². The summed E-state index contributed by atoms with van der Waals surface area (Å²) in [6, 6.07) is 8.09. The number of benzene rings is 1. The number of anilines is 1. The highest BCUT2D eigenvalue weighted by Crippen LogP contribution is 2.46. The first-order valence-electron chi connectivity index (χ1n) is 6.66. The number of carbonyl (C=O) groups is 1. The fourth-order valence-corrected chi connectivity index (χ4v) is 2.86. The van der Waals surface area contributed by atoms with Crippen LogP contribution in [0.1, 0.15) is 35.3 Å². The Morgan fingerprint density at radius 2 is 2.10 bits per heavy atom. The van der Waals surface area contributed by atoms with Crippen molar-refractivity contribution in [3.63, 3.8) is 0 Å². The number of carbonyl (C=O) groups excluding carboxylic acids is 1. The van der Waals surface area contributed by atoms with Crippen LogP contribution in [0, 0.1) is 12.7 Å². The van der Waals surface area contributed by atoms with Crippen LogP contribution in [0.2, 0.25) is 0 Å². The maximum Gasteiger partial charge on any atom is 0.259 e. The lowest BCUT2D eigenvalue weighted by Crippen LogP contribution is -2.46. The molecule has 0 amide bonds. The van der Waals surface area contributed by atoms with Crippen LogP contribution in [0.25, 0.3) is 0 Å². The van der Waals surface area contributed by atoms with Crippen LogP contribution in [-0.4, -0.2) is 15.7 Å². The zero-order chi connectivity index (χ0) is 14.3. The molecular formula is C15H16FN3O. The highest BCUT2D eigenvalue weighted by molar-refractivity contribution is 5.92. The van der Waals surface area contributed by atoms with Gasteiger partial charge in [0, 0.05) is 11.6 Å². The SMILES string of the molecule is Cc1cc(N)n(C(=O)C2(c3ccccc3F)CCC2)n1. The summed E-state index contributed by atoms with van der Waals surface area (Å²) in [5.41, 5.74) is 6.13. The van der Waals surface area contributed by atoms with Gasteiger partial charge in [-0.15, -0.1) is 0 Å². The van der Waals surface area contributed by atoms with E-state index in [0.29, 0.717) is 29.9 Å². The number of halogens is 1. The maximum atomic E-state index is 14.1. The highest BCUT2D eigenvalue weighted by Gasteiger charge is 2.48. The van der Waals surface area contributed by atoms with E-state index in [2.05, 4.69) is 5.10 Å². The molecule has 1 aromatic heterocycles. The molecule has 0 bridgehead atoms. The largest absolute Gasteiger partial charge is 0.383 e. The molecular weight excluding hydrogens is 257 g/mol. The summed E-state index contributed by atoms with van der Waals surface area (Å²) in [5, 5.41) is 4.13. The smallest absolute Gasteiger partial charge is 0.259 e. The van der Waals surface area contributed by atoms with Gasteiger partial charge in [0.25, 0.3) is 5.91 Å². The van der Waals surface area contributed by atoms with Crippen molar-refractivity contribution in [1.29, 1.82) is 0 Å². The van der Waals surface area contributed by atoms with Crippen LogP contribution >= 0.6 is 0 Å². The normalized spacial score (nSPS) is 16.7. The van der Waals surface area contributed by atoms with Crippen LogP contribution < -0.4 is 5.73 Å². The van der Waals surface area contributed by atoms with Gasteiger partial charge in [0.05, 0.1) is 11.1 Å². The molecule has 20 heavy (non-hydrogen) atoms. The summed E-state index contributed by atoms with van der Waals surface area (Å²) in [6.45, 7) is 1.77. The molecule has 1 aliphatic carbocycles. The minimum absolute atomic E-state index is 0.237. The molecule has 4 nitrogen and oxygen atoms in total. The van der Waals surface area contributed by atoms with Gasteiger partial charge in [0.15, 0.2) is 0 Å². The van der Waals surface area contributed by atoms with Crippen LogP contribution in [0.5, 0.6) is 0 Å². The molecule has 3 rings (SSSR count). The minimum atomic E-state index is -0.822. The number of hydrogen-bond acceptors (Lipinski definition) is 3. The lowest BCUT2D eigenvalue weighted by atomic mass is 9.63. The Morgan fingerprint density at radius 1 is 1.40 bits per heavy atom. The van der Waals surface area contributed by atoms with Gasteiger partial charge < -0.3 is 5.73 Å². The minimum Gasteiger partial charge on any atom is -0.383 e. The van der Waals surface area contributed by atoms with E-state index < -0.39 is 5.41 Å². The molecule has 5 heteroatoms. The van der Waals surface area contributed by atoms with E-state index in [1.165, 1.54) is 10.7 Å². The first-order valence-corrected chi connectivity index (χ1v) is 6.66. The van der Waals surface area contributed by atoms with Crippen LogP contribution in [-0.2, 0) is 5.41 Å². The number of nitrogens with two attached hydrogens (primary N) is 1. The first-order chi connectivity index (χ1) is 9.54. The van der Waals surface area contributed by atoms with E-state index in [1.807, 2.05) is 0 Å². The standard InChI is InChI=1S/C15H16FN3O/c1-10-9-13(17)19(18-10)14(20)15(7-4-8-15)11-5-2-3-6-12(11)16/h2-3,5-6,9H,4,7-8,17H2,1H3. The molecule has 1 aromatic carbocycles. The number of nitrogen functional groups attached to an aromatic ring is 1. The molecule has 1 aliphatic rings. The third-order valence-electron chi connectivity index (χ3n) is 4.06. The molecule has 1 fully saturated rings. The van der Waals surface area contributed by atoms with E-state index in [0.717, 1.165) is 6.42 Å². The second-order valence-electron chi connectivity index (χ2n) is 5.34. The molecule has 104 valence electrons. The van der Waals surface area contributed by atoms with Crippen molar-refractivity contribution in [1.82, 2.24) is 9.78 Å². The number of nitrogens with zero attached hydrogens (tertiary/aromatic N) is 2. The van der Waals surface area contributed by atoms with Crippen molar-refractivity contribution in [3.05, 3.63) is 47.4 Å². The van der Waals surface area contributed by atoms with Crippen molar-refractivity contribution < 1.29 is 9.18 Å². The average molecular weight is 273 g/mol. The van der Waals surface area contributed by atoms with Crippen molar-refractivity contribution in [2.75, 3.05) is 5.73 Å². The van der Waals surface area contributed by atoms with Gasteiger partial charge in [-0.3, -0.25) is 4.79 Å². The predicted octanol–water partition coefficient (Wildman–Crippen LogP) is 2.67. The summed E-state index contributed by atoms with van der Waals surface area (Å²) < 4.78 is 15.3. The Morgan fingerprint density at radius 3 is 2.60 bits per heavy atom. The zero-order valence-electron chi connectivity index (χ0n) is 11.3. The summed E-state index contributed by atoms with van der Waals surface area (Å²) >= 11 is 0. The lowest BCUT2D eigenvalue weighted by molar-refractivity contribution is 0.0672. The number of aryl methyl sites for hydroxylation is 1.